The Hall–Kier alpha value is -1.33. The third-order valence-corrected chi connectivity index (χ3v) is 4.59. The predicted molar refractivity (Wildman–Crippen MR) is 65.9 cm³/mol. The molecule has 0 radical (unpaired) electrons. The maximum atomic E-state index is 12.5. The number of carbonyl (C=O) groups is 1. The summed E-state index contributed by atoms with van der Waals surface area (Å²) in [5.74, 6) is -1.49. The second-order valence-corrected chi connectivity index (χ2v) is 6.43. The lowest BCUT2D eigenvalue weighted by molar-refractivity contribution is -0.139. The molecule has 2 rings (SSSR count). The maximum Gasteiger partial charge on any atom is 0.534 e. The van der Waals surface area contributed by atoms with E-state index in [0.29, 0.717) is 0 Å². The van der Waals surface area contributed by atoms with E-state index < -0.39 is 33.4 Å². The van der Waals surface area contributed by atoms with Crippen LogP contribution < -0.4 is 0 Å². The first-order chi connectivity index (χ1) is 10.1. The molecule has 0 amide bonds. The van der Waals surface area contributed by atoms with Crippen molar-refractivity contribution in [2.45, 2.75) is 24.0 Å². The Morgan fingerprint density at radius 1 is 1.36 bits per heavy atom. The van der Waals surface area contributed by atoms with Gasteiger partial charge in [-0.2, -0.15) is 21.6 Å². The SMILES string of the molecule is COC(=O)C1=C(OS(=O)(=O)C(F)(F)F)CC2COCC1N2C. The number of hydrogen-bond donors (Lipinski definition) is 0. The summed E-state index contributed by atoms with van der Waals surface area (Å²) < 4.78 is 73.8. The molecule has 2 heterocycles. The molecule has 0 spiro atoms. The molecule has 2 bridgehead atoms. The molecular weight excluding hydrogens is 331 g/mol. The van der Waals surface area contributed by atoms with Crippen LogP contribution in [0.1, 0.15) is 6.42 Å². The zero-order valence-electron chi connectivity index (χ0n) is 11.7. The number of ether oxygens (including phenoxy) is 2. The molecule has 0 aromatic rings. The van der Waals surface area contributed by atoms with Gasteiger partial charge in [-0.1, -0.05) is 0 Å². The highest BCUT2D eigenvalue weighted by atomic mass is 32.2. The lowest BCUT2D eigenvalue weighted by atomic mass is 9.92. The molecule has 0 aromatic heterocycles. The van der Waals surface area contributed by atoms with Crippen LogP contribution in [0.3, 0.4) is 0 Å². The number of halogens is 3. The van der Waals surface area contributed by atoms with Gasteiger partial charge >= 0.3 is 21.6 Å². The van der Waals surface area contributed by atoms with Crippen LogP contribution in [0, 0.1) is 0 Å². The first kappa shape index (κ1) is 17.0. The highest BCUT2D eigenvalue weighted by Gasteiger charge is 2.51. The Morgan fingerprint density at radius 3 is 2.55 bits per heavy atom. The summed E-state index contributed by atoms with van der Waals surface area (Å²) in [7, 11) is -3.14. The first-order valence-electron chi connectivity index (χ1n) is 6.20. The molecule has 11 heteroatoms. The van der Waals surface area contributed by atoms with Crippen LogP contribution in [0.2, 0.25) is 0 Å². The highest BCUT2D eigenvalue weighted by molar-refractivity contribution is 7.87. The van der Waals surface area contributed by atoms with Gasteiger partial charge in [-0.25, -0.2) is 4.79 Å². The number of carbonyl (C=O) groups excluding carboxylic acids is 1. The Bertz CT molecular complexity index is 599. The van der Waals surface area contributed by atoms with Crippen molar-refractivity contribution >= 4 is 16.1 Å². The standard InChI is InChI=1S/C11H14F3NO6S/c1-15-6-3-8(21-22(17,18)11(12,13)14)9(10(16)19-2)7(15)5-20-4-6/h6-7H,3-5H2,1-2H3. The second kappa shape index (κ2) is 5.70. The van der Waals surface area contributed by atoms with Gasteiger partial charge in [0.05, 0.1) is 31.9 Å². The third kappa shape index (κ3) is 2.92. The summed E-state index contributed by atoms with van der Waals surface area (Å²) in [4.78, 5) is 13.6. The largest absolute Gasteiger partial charge is 0.534 e. The predicted octanol–water partition coefficient (Wildman–Crippen LogP) is 0.383. The van der Waals surface area contributed by atoms with Crippen LogP contribution in [-0.4, -0.2) is 64.3 Å². The number of alkyl halides is 3. The Balaban J connectivity index is 2.46. The van der Waals surface area contributed by atoms with Crippen molar-refractivity contribution in [1.82, 2.24) is 4.90 Å². The van der Waals surface area contributed by atoms with Crippen LogP contribution in [0.25, 0.3) is 0 Å². The van der Waals surface area contributed by atoms with E-state index in [9.17, 15) is 26.4 Å². The minimum absolute atomic E-state index is 0.0242. The van der Waals surface area contributed by atoms with Gasteiger partial charge < -0.3 is 13.7 Å². The van der Waals surface area contributed by atoms with E-state index in [-0.39, 0.29) is 31.2 Å². The van der Waals surface area contributed by atoms with Crippen molar-refractivity contribution in [2.75, 3.05) is 27.4 Å². The molecule has 2 aliphatic rings. The molecule has 0 aliphatic carbocycles. The van der Waals surface area contributed by atoms with Crippen LogP contribution in [0.4, 0.5) is 13.2 Å². The molecule has 2 aliphatic heterocycles. The molecule has 0 aromatic carbocycles. The second-order valence-electron chi connectivity index (χ2n) is 4.89. The van der Waals surface area contributed by atoms with Crippen LogP contribution in [0.15, 0.2) is 11.3 Å². The van der Waals surface area contributed by atoms with Gasteiger partial charge in [0, 0.05) is 12.5 Å². The molecule has 2 atom stereocenters. The molecular formula is C11H14F3NO6S. The van der Waals surface area contributed by atoms with E-state index in [1.807, 2.05) is 0 Å². The molecule has 126 valence electrons. The smallest absolute Gasteiger partial charge is 0.466 e. The Kier molecular flexibility index (Phi) is 4.42. The number of morpholine rings is 1. The summed E-state index contributed by atoms with van der Waals surface area (Å²) in [6, 6.07) is -1.11. The quantitative estimate of drug-likeness (QED) is 0.415. The Labute approximate surface area is 124 Å². The summed E-state index contributed by atoms with van der Waals surface area (Å²) in [5, 5.41) is 0. The number of esters is 1. The van der Waals surface area contributed by atoms with E-state index in [2.05, 4.69) is 8.92 Å². The van der Waals surface area contributed by atoms with Crippen LogP contribution >= 0.6 is 0 Å². The summed E-state index contributed by atoms with van der Waals surface area (Å²) in [5.41, 5.74) is -5.84. The van der Waals surface area contributed by atoms with Crippen molar-refractivity contribution in [2.24, 2.45) is 0 Å². The van der Waals surface area contributed by atoms with Gasteiger partial charge in [-0.15, -0.1) is 0 Å². The lowest BCUT2D eigenvalue weighted by Gasteiger charge is -2.43. The molecule has 22 heavy (non-hydrogen) atoms. The van der Waals surface area contributed by atoms with E-state index in [1.54, 1.807) is 11.9 Å². The fraction of sp³-hybridized carbons (Fsp3) is 0.727. The number of likely N-dealkylation sites (N-methyl/N-ethyl adjacent to an activating group) is 1. The fourth-order valence-corrected chi connectivity index (χ4v) is 2.94. The summed E-state index contributed by atoms with van der Waals surface area (Å²) in [6.07, 6.45) is -0.202. The average molecular weight is 345 g/mol. The van der Waals surface area contributed by atoms with Crippen molar-refractivity contribution in [3.8, 4) is 0 Å². The molecule has 7 nitrogen and oxygen atoms in total. The van der Waals surface area contributed by atoms with Gasteiger partial charge in [0.2, 0.25) is 0 Å². The normalized spacial score (nSPS) is 26.8. The van der Waals surface area contributed by atoms with Crippen molar-refractivity contribution in [3.05, 3.63) is 11.3 Å². The lowest BCUT2D eigenvalue weighted by Crippen LogP contribution is -2.55. The molecule has 2 unspecified atom stereocenters. The van der Waals surface area contributed by atoms with Gasteiger partial charge in [0.15, 0.2) is 0 Å². The van der Waals surface area contributed by atoms with Gasteiger partial charge in [0.25, 0.3) is 0 Å². The summed E-state index contributed by atoms with van der Waals surface area (Å²) in [6.45, 7) is 0.219. The van der Waals surface area contributed by atoms with Crippen molar-refractivity contribution in [1.29, 1.82) is 0 Å². The monoisotopic (exact) mass is 345 g/mol. The minimum atomic E-state index is -5.85. The van der Waals surface area contributed by atoms with Gasteiger partial charge in [0.1, 0.15) is 5.76 Å². The van der Waals surface area contributed by atoms with E-state index >= 15 is 0 Å². The number of rotatable bonds is 3. The zero-order valence-corrected chi connectivity index (χ0v) is 12.5. The van der Waals surface area contributed by atoms with Crippen molar-refractivity contribution in [3.63, 3.8) is 0 Å². The van der Waals surface area contributed by atoms with E-state index in [1.165, 1.54) is 0 Å². The minimum Gasteiger partial charge on any atom is -0.466 e. The molecule has 0 N–H and O–H groups in total. The van der Waals surface area contributed by atoms with E-state index in [4.69, 9.17) is 4.74 Å². The van der Waals surface area contributed by atoms with Crippen LogP contribution in [0.5, 0.6) is 0 Å². The average Bonchev–Trinajstić information content (AvgIpc) is 2.38. The molecule has 1 saturated heterocycles. The van der Waals surface area contributed by atoms with Crippen molar-refractivity contribution < 1.29 is 40.0 Å². The van der Waals surface area contributed by atoms with Gasteiger partial charge in [-0.3, -0.25) is 4.90 Å². The first-order valence-corrected chi connectivity index (χ1v) is 7.61. The third-order valence-electron chi connectivity index (χ3n) is 3.61. The number of fused-ring (bicyclic) bond motifs is 2. The van der Waals surface area contributed by atoms with Crippen LogP contribution in [-0.2, 0) is 28.6 Å². The number of nitrogens with zero attached hydrogens (tertiary/aromatic N) is 1. The maximum absolute atomic E-state index is 12.5. The van der Waals surface area contributed by atoms with Gasteiger partial charge in [-0.05, 0) is 7.05 Å². The number of hydrogen-bond acceptors (Lipinski definition) is 7. The zero-order chi connectivity index (χ0) is 16.7. The highest BCUT2D eigenvalue weighted by Crippen LogP contribution is 2.36. The molecule has 0 saturated carbocycles. The Morgan fingerprint density at radius 2 is 2.00 bits per heavy atom. The number of methoxy groups -OCH3 is 1. The van der Waals surface area contributed by atoms with E-state index in [0.717, 1.165) is 7.11 Å². The fourth-order valence-electron chi connectivity index (χ4n) is 2.42. The summed E-state index contributed by atoms with van der Waals surface area (Å²) >= 11 is 0. The topological polar surface area (TPSA) is 82.1 Å². The molecule has 1 fully saturated rings.